The minimum absolute atomic E-state index is 0.201. The maximum absolute atomic E-state index is 13.7. The lowest BCUT2D eigenvalue weighted by Gasteiger charge is -2.23. The molecule has 0 aliphatic heterocycles. The van der Waals surface area contributed by atoms with Gasteiger partial charge in [0.25, 0.3) is 0 Å². The number of nitrogens with one attached hydrogen (secondary N) is 4. The summed E-state index contributed by atoms with van der Waals surface area (Å²) < 4.78 is 24.3. The fourth-order valence-electron chi connectivity index (χ4n) is 4.54. The quantitative estimate of drug-likeness (QED) is 0.155. The number of nitrogens with zero attached hydrogens (tertiary/aromatic N) is 2. The molecule has 4 N–H and O–H groups in total. The van der Waals surface area contributed by atoms with Gasteiger partial charge >= 0.3 is 12.2 Å². The number of fused-ring (bicyclic) bond motifs is 1. The van der Waals surface area contributed by atoms with E-state index in [2.05, 4.69) is 30.9 Å². The van der Waals surface area contributed by atoms with E-state index in [1.54, 1.807) is 72.1 Å². The molecule has 1 aromatic carbocycles. The van der Waals surface area contributed by atoms with Crippen LogP contribution in [-0.4, -0.2) is 56.8 Å². The Morgan fingerprint density at radius 1 is 0.867 bits per heavy atom. The largest absolute Gasteiger partial charge is 0.444 e. The van der Waals surface area contributed by atoms with Crippen molar-refractivity contribution < 1.29 is 28.2 Å². The first-order chi connectivity index (χ1) is 21.2. The molecule has 3 heterocycles. The van der Waals surface area contributed by atoms with E-state index in [4.69, 9.17) is 9.47 Å². The van der Waals surface area contributed by atoms with Crippen LogP contribution in [0.1, 0.15) is 54.4 Å². The Labute approximate surface area is 261 Å². The van der Waals surface area contributed by atoms with Gasteiger partial charge in [-0.3, -0.25) is 9.78 Å². The number of amides is 3. The molecule has 0 spiro atoms. The molecule has 0 radical (unpaired) electrons. The molecular formula is C33H39FN6O5. The zero-order valence-electron chi connectivity index (χ0n) is 26.3. The molecule has 0 bridgehead atoms. The van der Waals surface area contributed by atoms with Crippen molar-refractivity contribution in [1.82, 2.24) is 25.6 Å². The van der Waals surface area contributed by atoms with Crippen LogP contribution in [0.3, 0.4) is 0 Å². The van der Waals surface area contributed by atoms with E-state index in [0.29, 0.717) is 12.1 Å². The SMILES string of the molecule is CC(C)(C)OC(=O)NCCCC(NC(=O)OC(C)(C)C)C(=O)Nc1ccc2c(-c3ccncc3)c(-c3ccc(F)cc3)[nH]c2n1. The summed E-state index contributed by atoms with van der Waals surface area (Å²) in [5, 5.41) is 8.86. The van der Waals surface area contributed by atoms with Crippen LogP contribution < -0.4 is 16.0 Å². The smallest absolute Gasteiger partial charge is 0.408 e. The van der Waals surface area contributed by atoms with Gasteiger partial charge in [0.2, 0.25) is 5.91 Å². The summed E-state index contributed by atoms with van der Waals surface area (Å²) in [5.41, 5.74) is 2.32. The Bertz CT molecular complexity index is 1640. The average molecular weight is 619 g/mol. The number of aromatic amines is 1. The number of benzene rings is 1. The Morgan fingerprint density at radius 3 is 2.16 bits per heavy atom. The van der Waals surface area contributed by atoms with Gasteiger partial charge in [-0.1, -0.05) is 0 Å². The van der Waals surface area contributed by atoms with Crippen LogP contribution in [0.5, 0.6) is 0 Å². The molecule has 4 rings (SSSR count). The zero-order chi connectivity index (χ0) is 32.8. The molecule has 238 valence electrons. The number of anilines is 1. The summed E-state index contributed by atoms with van der Waals surface area (Å²) in [6, 6.07) is 12.4. The summed E-state index contributed by atoms with van der Waals surface area (Å²) in [5.74, 6) is -0.605. The summed E-state index contributed by atoms with van der Waals surface area (Å²) in [7, 11) is 0. The van der Waals surface area contributed by atoms with Gasteiger partial charge in [-0.15, -0.1) is 0 Å². The Balaban J connectivity index is 1.55. The molecule has 0 fully saturated rings. The second kappa shape index (κ2) is 13.7. The minimum atomic E-state index is -0.983. The number of hydrogen-bond acceptors (Lipinski definition) is 7. The number of ether oxygens (including phenoxy) is 2. The van der Waals surface area contributed by atoms with Crippen LogP contribution >= 0.6 is 0 Å². The lowest BCUT2D eigenvalue weighted by molar-refractivity contribution is -0.118. The van der Waals surface area contributed by atoms with E-state index in [9.17, 15) is 18.8 Å². The third-order valence-electron chi connectivity index (χ3n) is 6.36. The van der Waals surface area contributed by atoms with Crippen molar-refractivity contribution in [2.45, 2.75) is 71.6 Å². The molecule has 0 saturated heterocycles. The summed E-state index contributed by atoms with van der Waals surface area (Å²) in [6.07, 6.45) is 2.62. The van der Waals surface area contributed by atoms with Gasteiger partial charge in [-0.2, -0.15) is 0 Å². The highest BCUT2D eigenvalue weighted by Crippen LogP contribution is 2.38. The first-order valence-electron chi connectivity index (χ1n) is 14.6. The first kappa shape index (κ1) is 32.9. The number of hydrogen-bond donors (Lipinski definition) is 4. The molecular weight excluding hydrogens is 579 g/mol. The van der Waals surface area contributed by atoms with Gasteiger partial charge in [0.1, 0.15) is 34.5 Å². The van der Waals surface area contributed by atoms with Gasteiger partial charge in [-0.05, 0) is 114 Å². The molecule has 3 amide bonds. The predicted molar refractivity (Wildman–Crippen MR) is 170 cm³/mol. The number of pyridine rings is 2. The third-order valence-corrected chi connectivity index (χ3v) is 6.36. The lowest BCUT2D eigenvalue weighted by Crippen LogP contribution is -2.46. The van der Waals surface area contributed by atoms with Gasteiger partial charge in [0, 0.05) is 29.9 Å². The molecule has 12 heteroatoms. The maximum Gasteiger partial charge on any atom is 0.408 e. The van der Waals surface area contributed by atoms with E-state index in [1.165, 1.54) is 12.1 Å². The standard InChI is InChI=1S/C33H39FN6O5/c1-32(2,3)44-30(42)36-17-7-8-24(37-31(43)45-33(4,5)6)29(41)39-25-14-13-23-26(20-15-18-35-19-16-20)27(40-28(23)38-25)21-9-11-22(34)12-10-21/h9-16,18-19,24H,7-8,17H2,1-6H3,(H,36,42)(H,37,43)(H2,38,39,40,41). The summed E-state index contributed by atoms with van der Waals surface area (Å²) in [6.45, 7) is 10.7. The monoisotopic (exact) mass is 618 g/mol. The molecule has 0 saturated carbocycles. The number of carbonyl (C=O) groups is 3. The van der Waals surface area contributed by atoms with Crippen molar-refractivity contribution in [3.8, 4) is 22.4 Å². The fraction of sp³-hybridized carbons (Fsp3) is 0.364. The molecule has 0 aliphatic rings. The zero-order valence-corrected chi connectivity index (χ0v) is 26.3. The first-order valence-corrected chi connectivity index (χ1v) is 14.6. The molecule has 11 nitrogen and oxygen atoms in total. The predicted octanol–water partition coefficient (Wildman–Crippen LogP) is 6.57. The molecule has 3 aromatic heterocycles. The van der Waals surface area contributed by atoms with E-state index in [0.717, 1.165) is 27.8 Å². The molecule has 45 heavy (non-hydrogen) atoms. The number of H-pyrrole nitrogens is 1. The van der Waals surface area contributed by atoms with Crippen molar-refractivity contribution in [2.24, 2.45) is 0 Å². The van der Waals surface area contributed by atoms with Crippen LogP contribution in [0.2, 0.25) is 0 Å². The second-order valence-corrected chi connectivity index (χ2v) is 12.5. The maximum atomic E-state index is 13.7. The van der Waals surface area contributed by atoms with Crippen LogP contribution in [-0.2, 0) is 14.3 Å². The number of aromatic nitrogens is 3. The topological polar surface area (TPSA) is 147 Å². The van der Waals surface area contributed by atoms with Crippen LogP contribution in [0.4, 0.5) is 19.8 Å². The van der Waals surface area contributed by atoms with Crippen molar-refractivity contribution in [3.63, 3.8) is 0 Å². The number of halogens is 1. The molecule has 1 unspecified atom stereocenters. The molecule has 1 atom stereocenters. The lowest BCUT2D eigenvalue weighted by atomic mass is 10.00. The highest BCUT2D eigenvalue weighted by Gasteiger charge is 2.25. The highest BCUT2D eigenvalue weighted by molar-refractivity contribution is 6.03. The minimum Gasteiger partial charge on any atom is -0.444 e. The van der Waals surface area contributed by atoms with E-state index in [1.807, 2.05) is 18.2 Å². The van der Waals surface area contributed by atoms with Crippen molar-refractivity contribution >= 4 is 34.9 Å². The molecule has 4 aromatic rings. The van der Waals surface area contributed by atoms with Crippen LogP contribution in [0, 0.1) is 5.82 Å². The summed E-state index contributed by atoms with van der Waals surface area (Å²) in [4.78, 5) is 50.1. The Morgan fingerprint density at radius 2 is 1.51 bits per heavy atom. The van der Waals surface area contributed by atoms with Gasteiger partial charge < -0.3 is 30.4 Å². The van der Waals surface area contributed by atoms with E-state index in [-0.39, 0.29) is 24.6 Å². The van der Waals surface area contributed by atoms with Crippen LogP contribution in [0.15, 0.2) is 60.9 Å². The fourth-order valence-corrected chi connectivity index (χ4v) is 4.54. The number of alkyl carbamates (subject to hydrolysis) is 2. The van der Waals surface area contributed by atoms with Crippen LogP contribution in [0.25, 0.3) is 33.4 Å². The van der Waals surface area contributed by atoms with Gasteiger partial charge in [0.05, 0.1) is 5.69 Å². The second-order valence-electron chi connectivity index (χ2n) is 12.5. The van der Waals surface area contributed by atoms with Gasteiger partial charge in [0.15, 0.2) is 0 Å². The normalized spacial score (nSPS) is 12.3. The highest BCUT2D eigenvalue weighted by atomic mass is 19.1. The Kier molecular flexibility index (Phi) is 10.1. The van der Waals surface area contributed by atoms with Crippen molar-refractivity contribution in [2.75, 3.05) is 11.9 Å². The summed E-state index contributed by atoms with van der Waals surface area (Å²) >= 11 is 0. The number of rotatable bonds is 9. The Hall–Kier alpha value is -5.00. The van der Waals surface area contributed by atoms with Crippen molar-refractivity contribution in [1.29, 1.82) is 0 Å². The average Bonchev–Trinajstić information content (AvgIpc) is 3.32. The van der Waals surface area contributed by atoms with E-state index < -0.39 is 35.3 Å². The van der Waals surface area contributed by atoms with E-state index >= 15 is 0 Å². The van der Waals surface area contributed by atoms with Crippen molar-refractivity contribution in [3.05, 3.63) is 66.7 Å². The molecule has 0 aliphatic carbocycles. The van der Waals surface area contributed by atoms with Gasteiger partial charge in [-0.25, -0.2) is 19.0 Å². The number of carbonyl (C=O) groups excluding carboxylic acids is 3. The third kappa shape index (κ3) is 9.49.